The lowest BCUT2D eigenvalue weighted by atomic mass is 10.1. The van der Waals surface area contributed by atoms with Crippen molar-refractivity contribution in [2.45, 2.75) is 13.5 Å². The maximum atomic E-state index is 11.4. The van der Waals surface area contributed by atoms with Crippen LogP contribution in [-0.2, 0) is 6.61 Å². The number of carbonyl (C=O) groups excluding carboxylic acids is 1. The number of benzene rings is 3. The van der Waals surface area contributed by atoms with Gasteiger partial charge in [0.05, 0.1) is 28.3 Å². The molecule has 0 amide bonds. The lowest BCUT2D eigenvalue weighted by Gasteiger charge is -2.11. The summed E-state index contributed by atoms with van der Waals surface area (Å²) in [6, 6.07) is 18.9. The van der Waals surface area contributed by atoms with Crippen molar-refractivity contribution >= 4 is 11.8 Å². The van der Waals surface area contributed by atoms with E-state index in [1.54, 1.807) is 25.3 Å². The Labute approximate surface area is 193 Å². The Bertz CT molecular complexity index is 1060. The number of ether oxygens (including phenoxy) is 3. The molecule has 3 aromatic rings. The Morgan fingerprint density at radius 3 is 2.00 bits per heavy atom. The van der Waals surface area contributed by atoms with E-state index in [-0.39, 0.29) is 22.8 Å². The van der Waals surface area contributed by atoms with Gasteiger partial charge in [-0.15, -0.1) is 0 Å². The minimum absolute atomic E-state index is 0.00668. The number of rotatable bonds is 7. The number of aromatic carboxylic acids is 1. The molecule has 7 nitrogen and oxygen atoms in total. The van der Waals surface area contributed by atoms with Crippen LogP contribution in [-0.4, -0.2) is 43.3 Å². The molecule has 0 spiro atoms. The quantitative estimate of drug-likeness (QED) is 0.471. The number of halogens is 1. The number of carboxylic acids is 1. The summed E-state index contributed by atoms with van der Waals surface area (Å²) in [6.07, 6.45) is 0. The minimum atomic E-state index is -1.08. The average molecular weight is 459 g/mol. The van der Waals surface area contributed by atoms with Gasteiger partial charge in [0.25, 0.3) is 0 Å². The van der Waals surface area contributed by atoms with Crippen molar-refractivity contribution in [3.8, 4) is 23.0 Å². The van der Waals surface area contributed by atoms with E-state index in [0.29, 0.717) is 23.7 Å². The summed E-state index contributed by atoms with van der Waals surface area (Å²) in [5, 5.41) is 17.7. The zero-order valence-electron chi connectivity index (χ0n) is 19.6. The molecule has 176 valence electrons. The van der Waals surface area contributed by atoms with Crippen LogP contribution in [0.15, 0.2) is 66.7 Å². The second-order valence-electron chi connectivity index (χ2n) is 6.39. The maximum Gasteiger partial charge on any atom is 0.335 e. The van der Waals surface area contributed by atoms with Gasteiger partial charge in [0, 0.05) is 5.56 Å². The number of hydrogen-bond acceptors (Lipinski definition) is 6. The molecule has 33 heavy (non-hydrogen) atoms. The fourth-order valence-electron chi connectivity index (χ4n) is 2.57. The Morgan fingerprint density at radius 2 is 1.48 bits per heavy atom. The molecule has 2 N–H and O–H groups in total. The molecular formula is C25H27FO7. The third kappa shape index (κ3) is 8.53. The Morgan fingerprint density at radius 1 is 0.909 bits per heavy atom. The van der Waals surface area contributed by atoms with E-state index >= 15 is 0 Å². The fourth-order valence-corrected chi connectivity index (χ4v) is 2.57. The summed E-state index contributed by atoms with van der Waals surface area (Å²) >= 11 is 0. The molecule has 0 heterocycles. The summed E-state index contributed by atoms with van der Waals surface area (Å²) in [4.78, 5) is 21.8. The molecule has 0 saturated carbocycles. The highest BCUT2D eigenvalue weighted by Gasteiger charge is 2.09. The zero-order chi connectivity index (χ0) is 25.5. The zero-order valence-corrected chi connectivity index (χ0v) is 18.6. The van der Waals surface area contributed by atoms with Crippen LogP contribution >= 0.6 is 0 Å². The number of aromatic hydroxyl groups is 1. The summed E-state index contributed by atoms with van der Waals surface area (Å²) < 4.78 is 31.2. The van der Waals surface area contributed by atoms with E-state index < -0.39 is 13.1 Å². The average Bonchev–Trinajstić information content (AvgIpc) is 2.84. The fraction of sp³-hybridized carbons (Fsp3) is 0.200. The maximum absolute atomic E-state index is 11.4. The van der Waals surface area contributed by atoms with E-state index in [0.717, 1.165) is 11.6 Å². The molecule has 0 aromatic heterocycles. The highest BCUT2D eigenvalue weighted by molar-refractivity contribution is 5.94. The van der Waals surface area contributed by atoms with Gasteiger partial charge in [-0.05, 0) is 48.9 Å². The predicted octanol–water partition coefficient (Wildman–Crippen LogP) is 5.16. The number of methoxy groups -OCH3 is 2. The van der Waals surface area contributed by atoms with E-state index in [9.17, 15) is 14.0 Å². The number of phenolic OH excluding ortho intramolecular Hbond substituents is 1. The second-order valence-corrected chi connectivity index (χ2v) is 6.39. The topological polar surface area (TPSA) is 102 Å². The number of alkyl halides is 1. The van der Waals surface area contributed by atoms with Crippen LogP contribution in [0.3, 0.4) is 0 Å². The van der Waals surface area contributed by atoms with Crippen LogP contribution in [0.4, 0.5) is 4.39 Å². The van der Waals surface area contributed by atoms with Crippen LogP contribution < -0.4 is 14.2 Å². The summed E-state index contributed by atoms with van der Waals surface area (Å²) in [7, 11) is 1.98. The molecule has 0 bridgehead atoms. The molecule has 0 fully saturated rings. The highest BCUT2D eigenvalue weighted by atomic mass is 19.1. The first kappa shape index (κ1) is 25.2. The lowest BCUT2D eigenvalue weighted by Crippen LogP contribution is -2.00. The molecule has 3 rings (SSSR count). The molecule has 3 aromatic carbocycles. The molecule has 8 heteroatoms. The molecule has 0 saturated heterocycles. The first-order valence-corrected chi connectivity index (χ1v) is 9.58. The number of phenols is 1. The normalized spacial score (nSPS) is 9.76. The molecule has 0 atom stereocenters. The summed E-state index contributed by atoms with van der Waals surface area (Å²) in [5.41, 5.74) is 1.72. The monoisotopic (exact) mass is 459 g/mol. The van der Waals surface area contributed by atoms with Gasteiger partial charge in [0.2, 0.25) is 0 Å². The van der Waals surface area contributed by atoms with Gasteiger partial charge in [-0.1, -0.05) is 30.3 Å². The standard InChI is InChI=1S/C16H16O3.C8H8O4.CH3F/c1-12(17)14-8-9-15(18-2)16(10-14)19-11-13-6-4-3-5-7-13;1-12-7-3-2-5(8(10)11)4-6(7)9;1-2/h3-10H,11H2,1-2H3;2-4,9H,1H3,(H,10,11);1H3/i;;1D. The van der Waals surface area contributed by atoms with Gasteiger partial charge in [-0.25, -0.2) is 4.79 Å². The number of ketones is 1. The van der Waals surface area contributed by atoms with Crippen LogP contribution in [0.2, 0.25) is 0 Å². The minimum Gasteiger partial charge on any atom is -0.504 e. The molecule has 0 aliphatic carbocycles. The SMILES string of the molecule is COc1ccc(C(=O)O)cc1O.COc1ccc(C(C)=O)cc1OCc1ccccc1.[2H]CF. The summed E-state index contributed by atoms with van der Waals surface area (Å²) in [6.45, 7) is 1.97. The van der Waals surface area contributed by atoms with E-state index in [1.165, 1.54) is 26.2 Å². The van der Waals surface area contributed by atoms with Crippen molar-refractivity contribution in [1.82, 2.24) is 0 Å². The number of hydrogen-bond donors (Lipinski definition) is 2. The van der Waals surface area contributed by atoms with Crippen LogP contribution in [0, 0.1) is 0 Å². The predicted molar refractivity (Wildman–Crippen MR) is 122 cm³/mol. The van der Waals surface area contributed by atoms with Gasteiger partial charge in [-0.3, -0.25) is 9.18 Å². The van der Waals surface area contributed by atoms with Crippen LogP contribution in [0.25, 0.3) is 0 Å². The molecular weight excluding hydrogens is 431 g/mol. The van der Waals surface area contributed by atoms with E-state index in [1.807, 2.05) is 30.3 Å². The van der Waals surface area contributed by atoms with Gasteiger partial charge in [0.15, 0.2) is 28.8 Å². The van der Waals surface area contributed by atoms with Crippen molar-refractivity contribution < 1.29 is 39.8 Å². The number of carbonyl (C=O) groups is 2. The lowest BCUT2D eigenvalue weighted by molar-refractivity contribution is 0.0696. The number of Topliss-reactive ketones (excluding diaryl/α,β-unsaturated/α-hetero) is 1. The van der Waals surface area contributed by atoms with Crippen molar-refractivity contribution in [2.24, 2.45) is 0 Å². The van der Waals surface area contributed by atoms with Gasteiger partial charge < -0.3 is 24.4 Å². The molecule has 0 aliphatic rings. The highest BCUT2D eigenvalue weighted by Crippen LogP contribution is 2.29. The van der Waals surface area contributed by atoms with Crippen LogP contribution in [0.1, 0.15) is 34.6 Å². The first-order valence-electron chi connectivity index (χ1n) is 10.3. The van der Waals surface area contributed by atoms with Gasteiger partial charge in [-0.2, -0.15) is 0 Å². The van der Waals surface area contributed by atoms with Crippen molar-refractivity contribution in [3.63, 3.8) is 0 Å². The molecule has 0 aliphatic heterocycles. The van der Waals surface area contributed by atoms with E-state index in [4.69, 9.17) is 25.8 Å². The third-order valence-electron chi connectivity index (χ3n) is 4.23. The Balaban J connectivity index is 0.000000330. The van der Waals surface area contributed by atoms with Crippen LogP contribution in [0.5, 0.6) is 23.0 Å². The van der Waals surface area contributed by atoms with Gasteiger partial charge >= 0.3 is 5.97 Å². The number of carboxylic acid groups (broad SMARTS) is 1. The van der Waals surface area contributed by atoms with Crippen molar-refractivity contribution in [2.75, 3.05) is 21.4 Å². The Hall–Kier alpha value is -4.07. The first-order chi connectivity index (χ1) is 16.3. The van der Waals surface area contributed by atoms with Crippen molar-refractivity contribution in [3.05, 3.63) is 83.4 Å². The third-order valence-corrected chi connectivity index (χ3v) is 4.23. The molecule has 0 radical (unpaired) electrons. The Kier molecular flexibility index (Phi) is 10.7. The smallest absolute Gasteiger partial charge is 0.335 e. The van der Waals surface area contributed by atoms with Gasteiger partial charge in [0.1, 0.15) is 6.61 Å². The van der Waals surface area contributed by atoms with Crippen molar-refractivity contribution in [1.29, 1.82) is 0 Å². The summed E-state index contributed by atoms with van der Waals surface area (Å²) in [5.74, 6) is 0.234. The molecule has 0 unspecified atom stereocenters. The largest absolute Gasteiger partial charge is 0.504 e. The second kappa shape index (κ2) is 14.1. The van der Waals surface area contributed by atoms with E-state index in [2.05, 4.69) is 0 Å².